The molecular formula is C17H18N4O2S. The Bertz CT molecular complexity index is 814. The maximum atomic E-state index is 12.1. The van der Waals surface area contributed by atoms with Crippen molar-refractivity contribution in [3.8, 4) is 5.69 Å². The SMILES string of the molecule is Cc1ccccc1-n1nccc1NC(=O)NC[C@H](O)c1ccsc1. The van der Waals surface area contributed by atoms with E-state index in [0.29, 0.717) is 5.82 Å². The highest BCUT2D eigenvalue weighted by Gasteiger charge is 2.12. The second kappa shape index (κ2) is 7.29. The zero-order valence-corrected chi connectivity index (χ0v) is 14.0. The molecule has 0 bridgehead atoms. The molecule has 3 N–H and O–H groups in total. The number of aryl methyl sites for hydroxylation is 1. The molecule has 0 aliphatic heterocycles. The van der Waals surface area contributed by atoms with Gasteiger partial charge in [0.2, 0.25) is 0 Å². The van der Waals surface area contributed by atoms with Crippen LogP contribution >= 0.6 is 11.3 Å². The van der Waals surface area contributed by atoms with E-state index in [1.807, 2.05) is 48.0 Å². The zero-order chi connectivity index (χ0) is 16.9. The lowest BCUT2D eigenvalue weighted by atomic mass is 10.2. The summed E-state index contributed by atoms with van der Waals surface area (Å²) in [7, 11) is 0. The van der Waals surface area contributed by atoms with E-state index in [4.69, 9.17) is 0 Å². The number of nitrogens with zero attached hydrogens (tertiary/aromatic N) is 2. The molecule has 0 unspecified atom stereocenters. The van der Waals surface area contributed by atoms with Gasteiger partial charge in [0.15, 0.2) is 0 Å². The van der Waals surface area contributed by atoms with Crippen molar-refractivity contribution in [3.63, 3.8) is 0 Å². The molecule has 0 spiro atoms. The van der Waals surface area contributed by atoms with Crippen LogP contribution in [-0.4, -0.2) is 27.5 Å². The number of carbonyl (C=O) groups excluding carboxylic acids is 1. The average molecular weight is 342 g/mol. The van der Waals surface area contributed by atoms with E-state index in [1.54, 1.807) is 16.9 Å². The number of urea groups is 1. The third-order valence-corrected chi connectivity index (χ3v) is 4.31. The Morgan fingerprint density at radius 3 is 2.92 bits per heavy atom. The predicted molar refractivity (Wildman–Crippen MR) is 94.6 cm³/mol. The van der Waals surface area contributed by atoms with Crippen LogP contribution in [0.3, 0.4) is 0 Å². The summed E-state index contributed by atoms with van der Waals surface area (Å²) in [5, 5.41) is 23.4. The first-order chi connectivity index (χ1) is 11.6. The average Bonchev–Trinajstić information content (AvgIpc) is 3.25. The van der Waals surface area contributed by atoms with E-state index in [0.717, 1.165) is 16.8 Å². The number of nitrogens with one attached hydrogen (secondary N) is 2. The molecule has 3 rings (SSSR count). The zero-order valence-electron chi connectivity index (χ0n) is 13.1. The summed E-state index contributed by atoms with van der Waals surface area (Å²) < 4.78 is 1.67. The van der Waals surface area contributed by atoms with Gasteiger partial charge in [-0.15, -0.1) is 0 Å². The fraction of sp³-hybridized carbons (Fsp3) is 0.176. The summed E-state index contributed by atoms with van der Waals surface area (Å²) in [4.78, 5) is 12.1. The Morgan fingerprint density at radius 2 is 2.17 bits per heavy atom. The minimum Gasteiger partial charge on any atom is -0.387 e. The molecule has 0 radical (unpaired) electrons. The monoisotopic (exact) mass is 342 g/mol. The molecule has 3 aromatic rings. The topological polar surface area (TPSA) is 79.2 Å². The Hall–Kier alpha value is -2.64. The van der Waals surface area contributed by atoms with Crippen LogP contribution in [0.25, 0.3) is 5.69 Å². The van der Waals surface area contributed by atoms with E-state index in [9.17, 15) is 9.90 Å². The second-order valence-corrected chi connectivity index (χ2v) is 6.10. The highest BCUT2D eigenvalue weighted by Crippen LogP contribution is 2.18. The quantitative estimate of drug-likeness (QED) is 0.666. The number of carbonyl (C=O) groups is 1. The number of anilines is 1. The molecule has 2 aromatic heterocycles. The van der Waals surface area contributed by atoms with Crippen molar-refractivity contribution in [1.29, 1.82) is 0 Å². The number of amides is 2. The molecule has 2 heterocycles. The minimum absolute atomic E-state index is 0.140. The molecule has 7 heteroatoms. The number of hydrogen-bond acceptors (Lipinski definition) is 4. The van der Waals surface area contributed by atoms with Gasteiger partial charge in [-0.25, -0.2) is 9.48 Å². The number of thiophene rings is 1. The van der Waals surface area contributed by atoms with Gasteiger partial charge in [0.05, 0.1) is 18.0 Å². The fourth-order valence-corrected chi connectivity index (χ4v) is 3.03. The third-order valence-electron chi connectivity index (χ3n) is 3.61. The molecule has 24 heavy (non-hydrogen) atoms. The Balaban J connectivity index is 1.64. The summed E-state index contributed by atoms with van der Waals surface area (Å²) in [6, 6.07) is 11.0. The Kier molecular flexibility index (Phi) is 4.93. The van der Waals surface area contributed by atoms with Crippen molar-refractivity contribution in [2.45, 2.75) is 13.0 Å². The Labute approximate surface area is 143 Å². The van der Waals surface area contributed by atoms with Crippen LogP contribution in [0, 0.1) is 6.92 Å². The number of aliphatic hydroxyl groups excluding tert-OH is 1. The summed E-state index contributed by atoms with van der Waals surface area (Å²) in [6.45, 7) is 2.12. The van der Waals surface area contributed by atoms with Gasteiger partial charge in [-0.05, 0) is 40.9 Å². The predicted octanol–water partition coefficient (Wildman–Crippen LogP) is 3.10. The lowest BCUT2D eigenvalue weighted by Gasteiger charge is -2.13. The van der Waals surface area contributed by atoms with Crippen molar-refractivity contribution < 1.29 is 9.90 Å². The summed E-state index contributed by atoms with van der Waals surface area (Å²) >= 11 is 1.51. The van der Waals surface area contributed by atoms with Crippen LogP contribution in [-0.2, 0) is 0 Å². The maximum absolute atomic E-state index is 12.1. The molecular weight excluding hydrogens is 324 g/mol. The molecule has 0 saturated heterocycles. The number of aromatic nitrogens is 2. The lowest BCUT2D eigenvalue weighted by Crippen LogP contribution is -2.33. The van der Waals surface area contributed by atoms with Crippen LogP contribution in [0.5, 0.6) is 0 Å². The van der Waals surface area contributed by atoms with E-state index < -0.39 is 6.10 Å². The van der Waals surface area contributed by atoms with Crippen LogP contribution in [0.15, 0.2) is 53.4 Å². The third kappa shape index (κ3) is 3.64. The first kappa shape index (κ1) is 16.2. The van der Waals surface area contributed by atoms with Crippen molar-refractivity contribution in [3.05, 3.63) is 64.5 Å². The van der Waals surface area contributed by atoms with Gasteiger partial charge in [-0.1, -0.05) is 18.2 Å². The molecule has 124 valence electrons. The van der Waals surface area contributed by atoms with Crippen molar-refractivity contribution >= 4 is 23.2 Å². The summed E-state index contributed by atoms with van der Waals surface area (Å²) in [6.07, 6.45) is 0.908. The number of para-hydroxylation sites is 1. The van der Waals surface area contributed by atoms with Crippen LogP contribution < -0.4 is 10.6 Å². The van der Waals surface area contributed by atoms with Gasteiger partial charge in [0.1, 0.15) is 5.82 Å². The lowest BCUT2D eigenvalue weighted by molar-refractivity contribution is 0.175. The summed E-state index contributed by atoms with van der Waals surface area (Å²) in [5.74, 6) is 0.562. The maximum Gasteiger partial charge on any atom is 0.320 e. The Morgan fingerprint density at radius 1 is 1.33 bits per heavy atom. The van der Waals surface area contributed by atoms with Gasteiger partial charge in [0, 0.05) is 12.6 Å². The molecule has 6 nitrogen and oxygen atoms in total. The van der Waals surface area contributed by atoms with Gasteiger partial charge in [-0.2, -0.15) is 16.4 Å². The van der Waals surface area contributed by atoms with Gasteiger partial charge in [-0.3, -0.25) is 5.32 Å². The van der Waals surface area contributed by atoms with Crippen LogP contribution in [0.4, 0.5) is 10.6 Å². The van der Waals surface area contributed by atoms with Crippen LogP contribution in [0.2, 0.25) is 0 Å². The summed E-state index contributed by atoms with van der Waals surface area (Å²) in [5.41, 5.74) is 2.75. The highest BCUT2D eigenvalue weighted by atomic mass is 32.1. The number of aliphatic hydroxyl groups is 1. The number of benzene rings is 1. The van der Waals surface area contributed by atoms with Gasteiger partial charge >= 0.3 is 6.03 Å². The van der Waals surface area contributed by atoms with Crippen molar-refractivity contribution in [2.75, 3.05) is 11.9 Å². The van der Waals surface area contributed by atoms with Crippen molar-refractivity contribution in [1.82, 2.24) is 15.1 Å². The first-order valence-corrected chi connectivity index (χ1v) is 8.44. The minimum atomic E-state index is -0.719. The standard InChI is InChI=1S/C17H18N4O2S/c1-12-4-2-3-5-14(12)21-16(6-8-19-21)20-17(23)18-10-15(22)13-7-9-24-11-13/h2-9,11,15,22H,10H2,1H3,(H2,18,20,23)/t15-/m0/s1. The normalized spacial score (nSPS) is 11.9. The molecule has 0 saturated carbocycles. The van der Waals surface area contributed by atoms with E-state index in [-0.39, 0.29) is 12.6 Å². The largest absolute Gasteiger partial charge is 0.387 e. The van der Waals surface area contributed by atoms with Gasteiger partial charge in [0.25, 0.3) is 0 Å². The molecule has 2 amide bonds. The first-order valence-electron chi connectivity index (χ1n) is 7.50. The van der Waals surface area contributed by atoms with E-state index in [1.165, 1.54) is 11.3 Å². The number of hydrogen-bond donors (Lipinski definition) is 3. The number of rotatable bonds is 5. The highest BCUT2D eigenvalue weighted by molar-refractivity contribution is 7.07. The molecule has 0 aliphatic rings. The van der Waals surface area contributed by atoms with E-state index in [2.05, 4.69) is 15.7 Å². The molecule has 1 atom stereocenters. The smallest absolute Gasteiger partial charge is 0.320 e. The fourth-order valence-electron chi connectivity index (χ4n) is 2.32. The van der Waals surface area contributed by atoms with Crippen molar-refractivity contribution in [2.24, 2.45) is 0 Å². The molecule has 1 aromatic carbocycles. The van der Waals surface area contributed by atoms with E-state index >= 15 is 0 Å². The van der Waals surface area contributed by atoms with Gasteiger partial charge < -0.3 is 10.4 Å². The van der Waals surface area contributed by atoms with Crippen LogP contribution in [0.1, 0.15) is 17.2 Å². The molecule has 0 fully saturated rings. The molecule has 0 aliphatic carbocycles. The second-order valence-electron chi connectivity index (χ2n) is 5.32.